The molecule has 0 aromatic heterocycles. The monoisotopic (exact) mass is 1030 g/mol. The Morgan fingerprint density at radius 1 is 0.847 bits per heavy atom. The van der Waals surface area contributed by atoms with Gasteiger partial charge in [-0.1, -0.05) is 113 Å². The normalized spacial score (nSPS) is 16.9. The van der Waals surface area contributed by atoms with E-state index >= 15 is 9.59 Å². The predicted molar refractivity (Wildman–Crippen MR) is 284 cm³/mol. The number of rotatable bonds is 19. The molecule has 0 spiro atoms. The van der Waals surface area contributed by atoms with E-state index in [1.54, 1.807) is 73.5 Å². The molecule has 18 heteroatoms. The average Bonchev–Trinajstić information content (AvgIpc) is 3.72. The Hall–Kier alpha value is -5.99. The maximum atomic E-state index is 15.2. The van der Waals surface area contributed by atoms with Gasteiger partial charge in [-0.15, -0.1) is 0 Å². The molecule has 2 aliphatic rings. The maximum absolute atomic E-state index is 15.2. The molecule has 3 N–H and O–H groups in total. The zero-order valence-electron chi connectivity index (χ0n) is 44.7. The molecule has 0 fully saturated rings. The van der Waals surface area contributed by atoms with Gasteiger partial charge in [0.2, 0.25) is 11.8 Å². The van der Waals surface area contributed by atoms with Crippen molar-refractivity contribution in [2.24, 2.45) is 5.92 Å². The second kappa shape index (κ2) is 23.3. The Morgan fingerprint density at radius 3 is 2.00 bits per heavy atom. The molecule has 0 radical (unpaired) electrons. The van der Waals surface area contributed by atoms with E-state index in [0.29, 0.717) is 22.7 Å². The summed E-state index contributed by atoms with van der Waals surface area (Å²) in [5, 5.41) is 7.66. The number of halogens is 1. The van der Waals surface area contributed by atoms with E-state index in [-0.39, 0.29) is 70.2 Å². The summed E-state index contributed by atoms with van der Waals surface area (Å²) in [6.07, 6.45) is 0.853. The number of nitrogens with zero attached hydrogens (tertiary/aromatic N) is 2. The van der Waals surface area contributed by atoms with Crippen LogP contribution in [0.25, 0.3) is 5.57 Å². The summed E-state index contributed by atoms with van der Waals surface area (Å²) in [5.41, 5.74) is 3.50. The topological polar surface area (TPSA) is 174 Å². The second-order valence-corrected chi connectivity index (χ2v) is 31.6. The number of carbonyl (C=O) groups is 5. The Morgan fingerprint density at radius 2 is 1.46 bits per heavy atom. The van der Waals surface area contributed by atoms with Crippen LogP contribution < -0.4 is 30.0 Å². The molecule has 72 heavy (non-hydrogen) atoms. The minimum atomic E-state index is -2.77. The first-order chi connectivity index (χ1) is 33.7. The standard InChI is InChI=1S/C54H76FN5O10Si2/c1-17-26-67-52(64)58-47(32(2)3)49(62)56-36(10)48(61)57-41-24-18-37(19-25-41)31-68-53(65)60-43-29-46(69-72(33(4)5,34(6)7)35(8)9)45(66-14)28-42(43)50(63)59-30-39(38-20-22-40(55)23-21-38)27-44(59)51(60)70-71(15,16)54(11,12)13/h17-25,28-30,32-36,44,47,51H,1,26-27,31H2,2-16H3,(H,56,62)(H,57,61)(H,58,64)/t36-,44-,47-,51-/m0/s1. The van der Waals surface area contributed by atoms with Crippen LogP contribution in [0.5, 0.6) is 11.5 Å². The molecule has 2 heterocycles. The van der Waals surface area contributed by atoms with Gasteiger partial charge in [0.05, 0.1) is 24.4 Å². The molecule has 0 aliphatic carbocycles. The van der Waals surface area contributed by atoms with Gasteiger partial charge < -0.3 is 43.9 Å². The Bertz CT molecular complexity index is 2470. The fraction of sp³-hybridized carbons (Fsp3) is 0.500. The quantitative estimate of drug-likeness (QED) is 0.0774. The second-order valence-electron chi connectivity index (χ2n) is 21.4. The molecule has 0 saturated heterocycles. The Balaban J connectivity index is 1.52. The van der Waals surface area contributed by atoms with E-state index in [1.165, 1.54) is 37.1 Å². The van der Waals surface area contributed by atoms with Gasteiger partial charge in [0, 0.05) is 18.0 Å². The number of fused-ring (bicyclic) bond motifs is 2. The smallest absolute Gasteiger partial charge is 0.416 e. The molecule has 15 nitrogen and oxygen atoms in total. The van der Waals surface area contributed by atoms with Gasteiger partial charge in [0.1, 0.15) is 36.9 Å². The van der Waals surface area contributed by atoms with Crippen molar-refractivity contribution in [2.75, 3.05) is 23.9 Å². The first-order valence-corrected chi connectivity index (χ1v) is 29.8. The van der Waals surface area contributed by atoms with Crippen LogP contribution in [0.15, 0.2) is 79.5 Å². The number of hydrogen-bond donors (Lipinski definition) is 3. The first kappa shape index (κ1) is 56.9. The van der Waals surface area contributed by atoms with Crippen LogP contribution in [0, 0.1) is 11.7 Å². The molecule has 5 rings (SSSR count). The molecule has 2 aliphatic heterocycles. The third-order valence-corrected chi connectivity index (χ3v) is 24.6. The number of hydrogen-bond acceptors (Lipinski definition) is 10. The summed E-state index contributed by atoms with van der Waals surface area (Å²) >= 11 is 0. The lowest BCUT2D eigenvalue weighted by atomic mass is 10.0. The van der Waals surface area contributed by atoms with Crippen LogP contribution in [0.3, 0.4) is 0 Å². The third-order valence-electron chi connectivity index (χ3n) is 14.2. The van der Waals surface area contributed by atoms with Crippen LogP contribution >= 0.6 is 0 Å². The number of amides is 5. The van der Waals surface area contributed by atoms with Gasteiger partial charge in [0.15, 0.2) is 20.3 Å². The number of nitrogens with one attached hydrogen (secondary N) is 3. The van der Waals surface area contributed by atoms with Crippen molar-refractivity contribution < 1.29 is 51.4 Å². The number of carbonyl (C=O) groups excluding carboxylic acids is 5. The van der Waals surface area contributed by atoms with Crippen molar-refractivity contribution in [3.05, 3.63) is 102 Å². The van der Waals surface area contributed by atoms with Gasteiger partial charge in [0.25, 0.3) is 14.2 Å². The highest BCUT2D eigenvalue weighted by atomic mass is 28.4. The highest BCUT2D eigenvalue weighted by molar-refractivity contribution is 6.78. The van der Waals surface area contributed by atoms with Gasteiger partial charge in [-0.25, -0.2) is 18.9 Å². The highest BCUT2D eigenvalue weighted by Gasteiger charge is 2.52. The fourth-order valence-electron chi connectivity index (χ4n) is 9.26. The summed E-state index contributed by atoms with van der Waals surface area (Å²) in [6.45, 7) is 31.9. The van der Waals surface area contributed by atoms with E-state index in [4.69, 9.17) is 23.1 Å². The van der Waals surface area contributed by atoms with Crippen molar-refractivity contribution in [3.63, 3.8) is 0 Å². The highest BCUT2D eigenvalue weighted by Crippen LogP contribution is 2.50. The molecular weight excluding hydrogens is 954 g/mol. The van der Waals surface area contributed by atoms with Crippen molar-refractivity contribution in [2.45, 2.75) is 155 Å². The van der Waals surface area contributed by atoms with Crippen molar-refractivity contribution in [1.82, 2.24) is 15.5 Å². The Kier molecular flexibility index (Phi) is 18.4. The van der Waals surface area contributed by atoms with Crippen molar-refractivity contribution >= 4 is 63.5 Å². The summed E-state index contributed by atoms with van der Waals surface area (Å²) in [5.74, 6) is -1.39. The largest absolute Gasteiger partial charge is 0.540 e. The molecule has 4 atom stereocenters. The summed E-state index contributed by atoms with van der Waals surface area (Å²) in [6, 6.07) is 13.5. The minimum Gasteiger partial charge on any atom is -0.540 e. The summed E-state index contributed by atoms with van der Waals surface area (Å²) in [4.78, 5) is 72.0. The number of anilines is 2. The molecule has 0 unspecified atom stereocenters. The van der Waals surface area contributed by atoms with Gasteiger partial charge in [-0.05, 0) is 101 Å². The van der Waals surface area contributed by atoms with E-state index < -0.39 is 65.0 Å². The zero-order chi connectivity index (χ0) is 53.6. The fourth-order valence-corrected chi connectivity index (χ4v) is 15.7. The predicted octanol–water partition coefficient (Wildman–Crippen LogP) is 11.5. The van der Waals surface area contributed by atoms with Gasteiger partial charge in [-0.3, -0.25) is 14.4 Å². The lowest BCUT2D eigenvalue weighted by Crippen LogP contribution is -2.57. The SMILES string of the molecule is C=CCOC(=O)N[C@H](C(=O)N[C@@H](C)C(=O)Nc1ccc(COC(=O)N2c3cc(O[Si](C(C)C)(C(C)C)C(C)C)c(OC)cc3C(=O)N3C=C(c4ccc(F)cc4)C[C@H]3[C@@H]2O[Si](C)(C)C(C)(C)C)cc1)C(C)C. The number of alkyl carbamates (subject to hydrolysis) is 1. The average molecular weight is 1030 g/mol. The van der Waals surface area contributed by atoms with E-state index in [0.717, 1.165) is 11.1 Å². The zero-order valence-corrected chi connectivity index (χ0v) is 46.7. The molecule has 0 bridgehead atoms. The maximum Gasteiger partial charge on any atom is 0.416 e. The van der Waals surface area contributed by atoms with Crippen molar-refractivity contribution in [3.8, 4) is 11.5 Å². The molecular formula is C54H76FN5O10Si2. The Labute approximate surface area is 427 Å². The molecule has 392 valence electrons. The first-order valence-electron chi connectivity index (χ1n) is 24.8. The number of methoxy groups -OCH3 is 1. The lowest BCUT2D eigenvalue weighted by molar-refractivity contribution is -0.128. The summed E-state index contributed by atoms with van der Waals surface area (Å²) in [7, 11) is -3.87. The van der Waals surface area contributed by atoms with E-state index in [1.807, 2.05) is 0 Å². The van der Waals surface area contributed by atoms with E-state index in [9.17, 15) is 18.8 Å². The minimum absolute atomic E-state index is 0.0244. The summed E-state index contributed by atoms with van der Waals surface area (Å²) < 4.78 is 46.0. The van der Waals surface area contributed by atoms with Crippen LogP contribution in [-0.2, 0) is 30.1 Å². The molecule has 3 aromatic carbocycles. The van der Waals surface area contributed by atoms with Crippen molar-refractivity contribution in [1.29, 1.82) is 0 Å². The van der Waals surface area contributed by atoms with Gasteiger partial charge in [-0.2, -0.15) is 0 Å². The van der Waals surface area contributed by atoms with Crippen LogP contribution in [0.2, 0.25) is 34.8 Å². The van der Waals surface area contributed by atoms with Crippen LogP contribution in [0.4, 0.5) is 25.4 Å². The van der Waals surface area contributed by atoms with E-state index in [2.05, 4.69) is 97.9 Å². The third kappa shape index (κ3) is 12.6. The molecule has 5 amide bonds. The van der Waals surface area contributed by atoms with Crippen LogP contribution in [-0.4, -0.2) is 89.5 Å². The number of ether oxygens (including phenoxy) is 3. The number of benzene rings is 3. The van der Waals surface area contributed by atoms with Crippen LogP contribution in [0.1, 0.15) is 111 Å². The van der Waals surface area contributed by atoms with Gasteiger partial charge >= 0.3 is 12.2 Å². The molecule has 3 aromatic rings. The molecule has 0 saturated carbocycles. The lowest BCUT2D eigenvalue weighted by Gasteiger charge is -2.44.